The van der Waals surface area contributed by atoms with Gasteiger partial charge in [0.1, 0.15) is 5.54 Å². The van der Waals surface area contributed by atoms with E-state index in [1.54, 1.807) is 7.05 Å². The molecule has 5 heteroatoms. The molecule has 1 aliphatic rings. The first-order valence-electron chi connectivity index (χ1n) is 6.55. The van der Waals surface area contributed by atoms with E-state index < -0.39 is 5.54 Å². The van der Waals surface area contributed by atoms with Crippen molar-refractivity contribution in [2.45, 2.75) is 44.8 Å². The lowest BCUT2D eigenvalue weighted by molar-refractivity contribution is -0.149. The Labute approximate surface area is 110 Å². The standard InChI is InChI=1S/C13H26N2O3/c1-10(15-6-7-18-9-11(15)2)8-13(3,14-4)12(16)17-5/h10-11,14H,6-9H2,1-5H3. The Balaban J connectivity index is 2.66. The molecule has 0 radical (unpaired) electrons. The van der Waals surface area contributed by atoms with Crippen molar-refractivity contribution >= 4 is 5.97 Å². The van der Waals surface area contributed by atoms with Gasteiger partial charge in [-0.3, -0.25) is 9.69 Å². The van der Waals surface area contributed by atoms with Crippen molar-refractivity contribution in [3.8, 4) is 0 Å². The van der Waals surface area contributed by atoms with Crippen molar-refractivity contribution in [1.82, 2.24) is 10.2 Å². The molecule has 1 N–H and O–H groups in total. The summed E-state index contributed by atoms with van der Waals surface area (Å²) in [5.41, 5.74) is -0.633. The number of rotatable bonds is 5. The largest absolute Gasteiger partial charge is 0.468 e. The SMILES string of the molecule is CNC(C)(CC(C)N1CCOCC1C)C(=O)OC. The quantitative estimate of drug-likeness (QED) is 0.733. The first-order chi connectivity index (χ1) is 8.44. The topological polar surface area (TPSA) is 50.8 Å². The van der Waals surface area contributed by atoms with Crippen LogP contribution in [0.5, 0.6) is 0 Å². The van der Waals surface area contributed by atoms with Crippen LogP contribution >= 0.6 is 0 Å². The van der Waals surface area contributed by atoms with E-state index in [-0.39, 0.29) is 5.97 Å². The Morgan fingerprint density at radius 3 is 2.83 bits per heavy atom. The number of morpholine rings is 1. The highest BCUT2D eigenvalue weighted by Gasteiger charge is 2.37. The molecule has 0 spiro atoms. The molecular weight excluding hydrogens is 232 g/mol. The number of ether oxygens (including phenoxy) is 2. The zero-order chi connectivity index (χ0) is 13.8. The number of methoxy groups -OCH3 is 1. The van der Waals surface area contributed by atoms with E-state index in [4.69, 9.17) is 9.47 Å². The summed E-state index contributed by atoms with van der Waals surface area (Å²) in [5, 5.41) is 3.08. The number of nitrogens with one attached hydrogen (secondary N) is 1. The monoisotopic (exact) mass is 258 g/mol. The highest BCUT2D eigenvalue weighted by molar-refractivity contribution is 5.80. The van der Waals surface area contributed by atoms with Crippen LogP contribution in [-0.2, 0) is 14.3 Å². The minimum absolute atomic E-state index is 0.210. The van der Waals surface area contributed by atoms with E-state index in [1.807, 2.05) is 6.92 Å². The predicted molar refractivity (Wildman–Crippen MR) is 70.5 cm³/mol. The molecule has 5 nitrogen and oxygen atoms in total. The second-order valence-corrected chi connectivity index (χ2v) is 5.29. The Hall–Kier alpha value is -0.650. The number of likely N-dealkylation sites (N-methyl/N-ethyl adjacent to an activating group) is 1. The third-order valence-corrected chi connectivity index (χ3v) is 3.88. The normalized spacial score (nSPS) is 26.4. The molecule has 1 heterocycles. The molecule has 1 aliphatic heterocycles. The van der Waals surface area contributed by atoms with Gasteiger partial charge in [-0.05, 0) is 34.2 Å². The Kier molecular flexibility index (Phi) is 5.56. The van der Waals surface area contributed by atoms with E-state index in [2.05, 4.69) is 24.1 Å². The lowest BCUT2D eigenvalue weighted by Crippen LogP contribution is -2.55. The van der Waals surface area contributed by atoms with Crippen molar-refractivity contribution in [3.63, 3.8) is 0 Å². The first kappa shape index (κ1) is 15.4. The van der Waals surface area contributed by atoms with Gasteiger partial charge in [-0.2, -0.15) is 0 Å². The van der Waals surface area contributed by atoms with E-state index in [9.17, 15) is 4.79 Å². The lowest BCUT2D eigenvalue weighted by Gasteiger charge is -2.40. The van der Waals surface area contributed by atoms with Crippen LogP contribution in [0.1, 0.15) is 27.2 Å². The summed E-state index contributed by atoms with van der Waals surface area (Å²) in [6.07, 6.45) is 0.723. The van der Waals surface area contributed by atoms with Crippen LogP contribution in [0.15, 0.2) is 0 Å². The maximum absolute atomic E-state index is 11.8. The maximum atomic E-state index is 11.8. The first-order valence-corrected chi connectivity index (χ1v) is 6.55. The summed E-state index contributed by atoms with van der Waals surface area (Å²) in [6.45, 7) is 8.65. The molecule has 0 aromatic rings. The van der Waals surface area contributed by atoms with Crippen molar-refractivity contribution in [3.05, 3.63) is 0 Å². The molecule has 18 heavy (non-hydrogen) atoms. The third-order valence-electron chi connectivity index (χ3n) is 3.88. The Bertz CT molecular complexity index is 285. The highest BCUT2D eigenvalue weighted by atomic mass is 16.5. The number of nitrogens with zero attached hydrogens (tertiary/aromatic N) is 1. The number of hydrogen-bond acceptors (Lipinski definition) is 5. The summed E-state index contributed by atoms with van der Waals surface area (Å²) >= 11 is 0. The predicted octanol–water partition coefficient (Wildman–Crippen LogP) is 0.637. The molecule has 3 atom stereocenters. The molecule has 0 aliphatic carbocycles. The fourth-order valence-electron chi connectivity index (χ4n) is 2.62. The fraction of sp³-hybridized carbons (Fsp3) is 0.923. The molecule has 0 aromatic carbocycles. The van der Waals surface area contributed by atoms with E-state index in [0.717, 1.165) is 26.2 Å². The summed E-state index contributed by atoms with van der Waals surface area (Å²) in [6, 6.07) is 0.702. The molecule has 1 saturated heterocycles. The van der Waals surface area contributed by atoms with Crippen LogP contribution in [0.3, 0.4) is 0 Å². The average molecular weight is 258 g/mol. The number of carbonyl (C=O) groups excluding carboxylic acids is 1. The molecular formula is C13H26N2O3. The zero-order valence-electron chi connectivity index (χ0n) is 12.2. The molecule has 0 saturated carbocycles. The average Bonchev–Trinajstić information content (AvgIpc) is 2.37. The summed E-state index contributed by atoms with van der Waals surface area (Å²) in [7, 11) is 3.23. The summed E-state index contributed by atoms with van der Waals surface area (Å²) in [5.74, 6) is -0.210. The van der Waals surface area contributed by atoms with Crippen LogP contribution < -0.4 is 5.32 Å². The van der Waals surface area contributed by atoms with Crippen LogP contribution in [0.4, 0.5) is 0 Å². The third kappa shape index (κ3) is 3.43. The van der Waals surface area contributed by atoms with Gasteiger partial charge in [-0.1, -0.05) is 0 Å². The van der Waals surface area contributed by atoms with Gasteiger partial charge in [-0.25, -0.2) is 0 Å². The van der Waals surface area contributed by atoms with Crippen LogP contribution in [0.2, 0.25) is 0 Å². The molecule has 106 valence electrons. The van der Waals surface area contributed by atoms with Gasteiger partial charge in [0.2, 0.25) is 0 Å². The minimum atomic E-state index is -0.633. The zero-order valence-corrected chi connectivity index (χ0v) is 12.2. The van der Waals surface area contributed by atoms with Gasteiger partial charge in [0, 0.05) is 18.6 Å². The fourth-order valence-corrected chi connectivity index (χ4v) is 2.62. The Morgan fingerprint density at radius 1 is 1.67 bits per heavy atom. The second kappa shape index (κ2) is 6.50. The van der Waals surface area contributed by atoms with Gasteiger partial charge in [0.25, 0.3) is 0 Å². The molecule has 1 rings (SSSR count). The number of esters is 1. The number of hydrogen-bond donors (Lipinski definition) is 1. The minimum Gasteiger partial charge on any atom is -0.468 e. The molecule has 0 bridgehead atoms. The van der Waals surface area contributed by atoms with Crippen molar-refractivity contribution in [2.75, 3.05) is 33.9 Å². The lowest BCUT2D eigenvalue weighted by atomic mass is 9.92. The molecule has 3 unspecified atom stereocenters. The van der Waals surface area contributed by atoms with Gasteiger partial charge >= 0.3 is 5.97 Å². The molecule has 0 aromatic heterocycles. The molecule has 0 amide bonds. The summed E-state index contributed by atoms with van der Waals surface area (Å²) < 4.78 is 10.3. The van der Waals surface area contributed by atoms with Gasteiger partial charge in [0.15, 0.2) is 0 Å². The van der Waals surface area contributed by atoms with E-state index in [1.165, 1.54) is 7.11 Å². The van der Waals surface area contributed by atoms with Gasteiger partial charge < -0.3 is 14.8 Å². The molecule has 1 fully saturated rings. The van der Waals surface area contributed by atoms with Crippen LogP contribution in [0, 0.1) is 0 Å². The van der Waals surface area contributed by atoms with Gasteiger partial charge in [0.05, 0.1) is 20.3 Å². The van der Waals surface area contributed by atoms with E-state index >= 15 is 0 Å². The van der Waals surface area contributed by atoms with E-state index in [0.29, 0.717) is 12.1 Å². The van der Waals surface area contributed by atoms with Crippen molar-refractivity contribution in [1.29, 1.82) is 0 Å². The number of carbonyl (C=O) groups is 1. The van der Waals surface area contributed by atoms with Crippen LogP contribution in [-0.4, -0.2) is 62.4 Å². The summed E-state index contributed by atoms with van der Waals surface area (Å²) in [4.78, 5) is 14.2. The van der Waals surface area contributed by atoms with Crippen molar-refractivity contribution in [2.24, 2.45) is 0 Å². The maximum Gasteiger partial charge on any atom is 0.325 e. The van der Waals surface area contributed by atoms with Crippen molar-refractivity contribution < 1.29 is 14.3 Å². The second-order valence-electron chi connectivity index (χ2n) is 5.29. The Morgan fingerprint density at radius 2 is 2.33 bits per heavy atom. The smallest absolute Gasteiger partial charge is 0.325 e. The van der Waals surface area contributed by atoms with Crippen LogP contribution in [0.25, 0.3) is 0 Å². The highest BCUT2D eigenvalue weighted by Crippen LogP contribution is 2.20. The van der Waals surface area contributed by atoms with Gasteiger partial charge in [-0.15, -0.1) is 0 Å².